The zero-order chi connectivity index (χ0) is 24.7. The number of nitrogens with one attached hydrogen (secondary N) is 1. The van der Waals surface area contributed by atoms with Crippen LogP contribution in [0.3, 0.4) is 0 Å². The molecule has 0 radical (unpaired) electrons. The van der Waals surface area contributed by atoms with Gasteiger partial charge in [0, 0.05) is 36.6 Å². The largest absolute Gasteiger partial charge is 0.385 e. The van der Waals surface area contributed by atoms with Gasteiger partial charge in [-0.05, 0) is 96.4 Å². The number of rotatable bonds is 8. The summed E-state index contributed by atoms with van der Waals surface area (Å²) >= 11 is 0. The smallest absolute Gasteiger partial charge is 0.0701 e. The lowest BCUT2D eigenvalue weighted by atomic mass is 9.59. The molecule has 1 saturated carbocycles. The molecule has 0 spiro atoms. The molecule has 2 aliphatic carbocycles. The first-order valence-electron chi connectivity index (χ1n) is 13.8. The van der Waals surface area contributed by atoms with Gasteiger partial charge in [0.15, 0.2) is 0 Å². The molecule has 6 rings (SSSR count). The summed E-state index contributed by atoms with van der Waals surface area (Å²) in [4.78, 5) is 7.27. The third-order valence-corrected chi connectivity index (χ3v) is 9.33. The Kier molecular flexibility index (Phi) is 6.21. The van der Waals surface area contributed by atoms with E-state index in [0.29, 0.717) is 12.0 Å². The third kappa shape index (κ3) is 4.50. The van der Waals surface area contributed by atoms with Gasteiger partial charge in [-0.15, -0.1) is 0 Å². The molecule has 186 valence electrons. The van der Waals surface area contributed by atoms with Crippen LogP contribution >= 0.6 is 0 Å². The predicted molar refractivity (Wildman–Crippen MR) is 150 cm³/mol. The molecule has 36 heavy (non-hydrogen) atoms. The fourth-order valence-corrected chi connectivity index (χ4v) is 6.59. The fraction of sp³-hybridized carbons (Fsp3) is 0.424. The maximum absolute atomic E-state index is 4.45. The van der Waals surface area contributed by atoms with E-state index in [0.717, 1.165) is 35.8 Å². The van der Waals surface area contributed by atoms with Gasteiger partial charge in [0.1, 0.15) is 0 Å². The van der Waals surface area contributed by atoms with Crippen molar-refractivity contribution in [2.24, 2.45) is 11.8 Å². The molecule has 3 aromatic rings. The first kappa shape index (κ1) is 23.5. The Bertz CT molecular complexity index is 1230. The molecular formula is C33H39N3. The number of hydrogen-bond donors (Lipinski definition) is 1. The minimum absolute atomic E-state index is 0.268. The number of pyridine rings is 1. The fourth-order valence-electron chi connectivity index (χ4n) is 6.59. The number of aromatic nitrogens is 1. The van der Waals surface area contributed by atoms with Crippen LogP contribution in [0.1, 0.15) is 55.4 Å². The highest BCUT2D eigenvalue weighted by molar-refractivity contribution is 5.64. The molecule has 3 heteroatoms. The maximum Gasteiger partial charge on any atom is 0.0701 e. The molecule has 2 heterocycles. The van der Waals surface area contributed by atoms with Crippen molar-refractivity contribution in [1.82, 2.24) is 15.2 Å². The van der Waals surface area contributed by atoms with Crippen LogP contribution in [0, 0.1) is 11.8 Å². The number of likely N-dealkylation sites (tertiary alicyclic amines) is 1. The molecule has 0 amide bonds. The van der Waals surface area contributed by atoms with Crippen molar-refractivity contribution < 1.29 is 0 Å². The second kappa shape index (κ2) is 9.52. The van der Waals surface area contributed by atoms with Gasteiger partial charge >= 0.3 is 0 Å². The highest BCUT2D eigenvalue weighted by Crippen LogP contribution is 2.49. The van der Waals surface area contributed by atoms with Gasteiger partial charge in [-0.3, -0.25) is 9.88 Å². The molecule has 3 aliphatic rings. The summed E-state index contributed by atoms with van der Waals surface area (Å²) in [5, 5.41) is 3.60. The van der Waals surface area contributed by atoms with E-state index < -0.39 is 0 Å². The van der Waals surface area contributed by atoms with Crippen LogP contribution in [-0.2, 0) is 18.3 Å². The lowest BCUT2D eigenvalue weighted by Gasteiger charge is -2.55. The standard InChI is InChI=1S/C33H39N3/c1-23-32-21-29-14-13-28(20-30(29)33(23,3)16-19-36(32)22-26-7-8-26)24(2)34-18-15-25-9-11-27(12-10-25)31-6-4-5-17-35-31/h4-6,9-14,17,20,23,26,32,34H,2,7-8,15-16,18-19,21-22H2,1,3H3/t23-,32?,33-/m0/s1. The average molecular weight is 478 g/mol. The topological polar surface area (TPSA) is 28.2 Å². The molecule has 1 unspecified atom stereocenters. The quantitative estimate of drug-likeness (QED) is 0.402. The van der Waals surface area contributed by atoms with E-state index in [2.05, 4.69) is 84.2 Å². The lowest BCUT2D eigenvalue weighted by Crippen LogP contribution is -2.58. The van der Waals surface area contributed by atoms with E-state index in [-0.39, 0.29) is 5.41 Å². The van der Waals surface area contributed by atoms with E-state index >= 15 is 0 Å². The second-order valence-electron chi connectivity index (χ2n) is 11.6. The lowest BCUT2D eigenvalue weighted by molar-refractivity contribution is 0.0284. The minimum atomic E-state index is 0.268. The molecule has 1 aliphatic heterocycles. The van der Waals surface area contributed by atoms with Crippen LogP contribution in [0.15, 0.2) is 73.4 Å². The van der Waals surface area contributed by atoms with Crippen molar-refractivity contribution in [2.75, 3.05) is 19.6 Å². The zero-order valence-electron chi connectivity index (χ0n) is 21.8. The Labute approximate surface area is 216 Å². The summed E-state index contributed by atoms with van der Waals surface area (Å²) in [5.74, 6) is 1.67. The normalized spacial score (nSPS) is 25.3. The molecule has 1 aromatic heterocycles. The monoisotopic (exact) mass is 477 g/mol. The number of hydrogen-bond acceptors (Lipinski definition) is 3. The summed E-state index contributed by atoms with van der Waals surface area (Å²) in [5.41, 5.74) is 9.18. The SMILES string of the molecule is C=C(NCCc1ccc(-c2ccccn2)cc1)c1ccc2c(c1)[C@@]1(C)CCN(CC3CC3)C(C2)[C@@H]1C. The third-order valence-electron chi connectivity index (χ3n) is 9.33. The van der Waals surface area contributed by atoms with Crippen molar-refractivity contribution in [1.29, 1.82) is 0 Å². The Morgan fingerprint density at radius 1 is 1.11 bits per heavy atom. The number of fused-ring (bicyclic) bond motifs is 4. The van der Waals surface area contributed by atoms with E-state index in [1.165, 1.54) is 49.9 Å². The first-order chi connectivity index (χ1) is 17.5. The van der Waals surface area contributed by atoms with Gasteiger partial charge < -0.3 is 5.32 Å². The van der Waals surface area contributed by atoms with Gasteiger partial charge in [0.05, 0.1) is 5.69 Å². The van der Waals surface area contributed by atoms with Gasteiger partial charge in [0.25, 0.3) is 0 Å². The predicted octanol–water partition coefficient (Wildman–Crippen LogP) is 6.49. The van der Waals surface area contributed by atoms with E-state index in [1.807, 2.05) is 18.3 Å². The van der Waals surface area contributed by atoms with E-state index in [4.69, 9.17) is 0 Å². The Morgan fingerprint density at radius 3 is 2.69 bits per heavy atom. The Balaban J connectivity index is 1.10. The number of benzene rings is 2. The average Bonchev–Trinajstić information content (AvgIpc) is 3.73. The molecule has 2 aromatic carbocycles. The van der Waals surface area contributed by atoms with Gasteiger partial charge in [0.2, 0.25) is 0 Å². The molecule has 3 atom stereocenters. The van der Waals surface area contributed by atoms with Crippen molar-refractivity contribution in [2.45, 2.75) is 57.4 Å². The molecule has 2 fully saturated rings. The van der Waals surface area contributed by atoms with Crippen molar-refractivity contribution >= 4 is 5.70 Å². The van der Waals surface area contributed by atoms with Gasteiger partial charge in [-0.1, -0.05) is 62.9 Å². The van der Waals surface area contributed by atoms with Gasteiger partial charge in [-0.25, -0.2) is 0 Å². The Morgan fingerprint density at radius 2 is 1.94 bits per heavy atom. The van der Waals surface area contributed by atoms with Crippen LogP contribution in [-0.4, -0.2) is 35.6 Å². The highest BCUT2D eigenvalue weighted by Gasteiger charge is 2.49. The summed E-state index contributed by atoms with van der Waals surface area (Å²) in [7, 11) is 0. The second-order valence-corrected chi connectivity index (χ2v) is 11.6. The van der Waals surface area contributed by atoms with E-state index in [1.54, 1.807) is 11.1 Å². The summed E-state index contributed by atoms with van der Waals surface area (Å²) in [6.07, 6.45) is 8.17. The highest BCUT2D eigenvalue weighted by atomic mass is 15.2. The summed E-state index contributed by atoms with van der Waals surface area (Å²) in [6, 6.07) is 22.6. The van der Waals surface area contributed by atoms with E-state index in [9.17, 15) is 0 Å². The molecular weight excluding hydrogens is 438 g/mol. The zero-order valence-corrected chi connectivity index (χ0v) is 21.8. The molecule has 2 bridgehead atoms. The summed E-state index contributed by atoms with van der Waals surface area (Å²) < 4.78 is 0. The summed E-state index contributed by atoms with van der Waals surface area (Å²) in [6.45, 7) is 12.9. The van der Waals surface area contributed by atoms with Crippen LogP contribution in [0.4, 0.5) is 0 Å². The number of nitrogens with zero attached hydrogens (tertiary/aromatic N) is 2. The molecule has 1 saturated heterocycles. The van der Waals surface area contributed by atoms with Crippen molar-refractivity contribution in [3.63, 3.8) is 0 Å². The minimum Gasteiger partial charge on any atom is -0.385 e. The van der Waals surface area contributed by atoms with Crippen molar-refractivity contribution in [3.05, 3.63) is 95.7 Å². The van der Waals surface area contributed by atoms with Gasteiger partial charge in [-0.2, -0.15) is 0 Å². The van der Waals surface area contributed by atoms with Crippen LogP contribution < -0.4 is 5.32 Å². The molecule has 1 N–H and O–H groups in total. The molecule has 3 nitrogen and oxygen atoms in total. The first-order valence-corrected chi connectivity index (χ1v) is 13.8. The van der Waals surface area contributed by atoms with Crippen LogP contribution in [0.5, 0.6) is 0 Å². The van der Waals surface area contributed by atoms with Crippen LogP contribution in [0.25, 0.3) is 17.0 Å². The number of piperidine rings is 1. The van der Waals surface area contributed by atoms with Crippen LogP contribution in [0.2, 0.25) is 0 Å². The Hall–Kier alpha value is -2.91. The maximum atomic E-state index is 4.45. The van der Waals surface area contributed by atoms with Crippen molar-refractivity contribution in [3.8, 4) is 11.3 Å².